The van der Waals surface area contributed by atoms with Crippen molar-refractivity contribution in [3.05, 3.63) is 57.8 Å². The average Bonchev–Trinajstić information content (AvgIpc) is 2.58. The third kappa shape index (κ3) is 5.13. The zero-order valence-corrected chi connectivity index (χ0v) is 17.1. The number of carbonyl (C=O) groups is 2. The van der Waals surface area contributed by atoms with Gasteiger partial charge in [0.1, 0.15) is 12.4 Å². The number of hydrogen-bond acceptors (Lipinski definition) is 4. The third-order valence-corrected chi connectivity index (χ3v) is 4.47. The molecule has 0 atom stereocenters. The number of anilines is 1. The number of rotatable bonds is 6. The van der Waals surface area contributed by atoms with Crippen LogP contribution < -0.4 is 10.5 Å². The third-order valence-electron chi connectivity index (χ3n) is 3.94. The number of aromatic nitrogens is 2. The summed E-state index contributed by atoms with van der Waals surface area (Å²) in [5.74, 6) is 0.139. The monoisotopic (exact) mass is 468 g/mol. The molecule has 1 heterocycles. The van der Waals surface area contributed by atoms with Gasteiger partial charge in [-0.1, -0.05) is 18.2 Å². The van der Waals surface area contributed by atoms with E-state index in [0.29, 0.717) is 22.8 Å². The first-order valence-electron chi connectivity index (χ1n) is 8.13. The van der Waals surface area contributed by atoms with E-state index in [1.165, 1.54) is 8.01 Å². The fraction of sp³-hybridized carbons (Fsp3) is 0.333. The molecule has 0 unspecified atom stereocenters. The van der Waals surface area contributed by atoms with Crippen LogP contribution in [-0.2, 0) is 16.0 Å². The van der Waals surface area contributed by atoms with E-state index in [1.807, 2.05) is 41.1 Å². The lowest BCUT2D eigenvalue weighted by Crippen LogP contribution is -2.39. The van der Waals surface area contributed by atoms with Crippen LogP contribution in [0, 0.1) is 13.8 Å². The summed E-state index contributed by atoms with van der Waals surface area (Å²) >= 11 is 1.88. The maximum absolute atomic E-state index is 12.8. The zero-order chi connectivity index (χ0) is 19.3. The topological polar surface area (TPSA) is 86.4 Å². The summed E-state index contributed by atoms with van der Waals surface area (Å²) in [6.07, 6.45) is 0.382. The number of H-pyrrole nitrogens is 1. The second kappa shape index (κ2) is 8.93. The first-order chi connectivity index (χ1) is 12.3. The summed E-state index contributed by atoms with van der Waals surface area (Å²) in [4.78, 5) is 45.3. The van der Waals surface area contributed by atoms with Gasteiger partial charge in [0.15, 0.2) is 0 Å². The molecule has 0 spiro atoms. The van der Waals surface area contributed by atoms with Gasteiger partial charge in [0.2, 0.25) is 5.91 Å². The summed E-state index contributed by atoms with van der Waals surface area (Å²) in [5.41, 5.74) is 1.54. The van der Waals surface area contributed by atoms with E-state index in [0.717, 1.165) is 0 Å². The molecule has 8 heteroatoms. The molecule has 0 saturated carbocycles. The molecule has 1 aromatic heterocycles. The fourth-order valence-corrected chi connectivity index (χ4v) is 2.73. The van der Waals surface area contributed by atoms with Crippen molar-refractivity contribution in [2.45, 2.75) is 26.7 Å². The SMILES string of the molecule is Cc1nc(C)c(CCC(=O)N(CC(=O)N(C)I)c2ccccc2)c(=O)[nH]1. The normalized spacial score (nSPS) is 10.5. The summed E-state index contributed by atoms with van der Waals surface area (Å²) in [6, 6.07) is 9.03. The molecule has 0 fully saturated rings. The number of hydrogen-bond donors (Lipinski definition) is 1. The molecule has 2 aromatic rings. The van der Waals surface area contributed by atoms with Crippen LogP contribution in [-0.4, -0.2) is 38.5 Å². The zero-order valence-electron chi connectivity index (χ0n) is 15.0. The Morgan fingerprint density at radius 2 is 1.81 bits per heavy atom. The Labute approximate surface area is 165 Å². The number of aryl methyl sites for hydroxylation is 2. The van der Waals surface area contributed by atoms with Gasteiger partial charge in [-0.25, -0.2) is 4.98 Å². The number of halogens is 1. The van der Waals surface area contributed by atoms with Gasteiger partial charge in [0.05, 0.1) is 22.9 Å². The highest BCUT2D eigenvalue weighted by molar-refractivity contribution is 14.1. The van der Waals surface area contributed by atoms with Crippen LogP contribution >= 0.6 is 22.9 Å². The van der Waals surface area contributed by atoms with E-state index in [9.17, 15) is 14.4 Å². The molecule has 1 N–H and O–H groups in total. The molecule has 7 nitrogen and oxygen atoms in total. The van der Waals surface area contributed by atoms with Gasteiger partial charge >= 0.3 is 0 Å². The number of likely N-dealkylation sites (N-methyl/N-ethyl adjacent to an activating group) is 1. The largest absolute Gasteiger partial charge is 0.311 e. The lowest BCUT2D eigenvalue weighted by Gasteiger charge is -2.23. The van der Waals surface area contributed by atoms with E-state index >= 15 is 0 Å². The quantitative estimate of drug-likeness (QED) is 0.520. The highest BCUT2D eigenvalue weighted by atomic mass is 127. The first kappa shape index (κ1) is 20.1. The van der Waals surface area contributed by atoms with E-state index in [1.54, 1.807) is 33.0 Å². The Kier molecular flexibility index (Phi) is 6.90. The lowest BCUT2D eigenvalue weighted by atomic mass is 10.1. The van der Waals surface area contributed by atoms with E-state index in [-0.39, 0.29) is 36.8 Å². The van der Waals surface area contributed by atoms with Crippen LogP contribution in [0.5, 0.6) is 0 Å². The second-order valence-corrected chi connectivity index (χ2v) is 7.35. The van der Waals surface area contributed by atoms with E-state index in [4.69, 9.17) is 0 Å². The number of nitrogens with one attached hydrogen (secondary N) is 1. The van der Waals surface area contributed by atoms with Gasteiger partial charge in [-0.2, -0.15) is 0 Å². The fourth-order valence-electron chi connectivity index (χ4n) is 2.58. The molecule has 0 bridgehead atoms. The minimum absolute atomic E-state index is 0.0518. The maximum atomic E-state index is 12.8. The Bertz CT molecular complexity index is 849. The minimum atomic E-state index is -0.225. The van der Waals surface area contributed by atoms with Crippen molar-refractivity contribution in [1.29, 1.82) is 0 Å². The molecule has 2 amide bonds. The number of aromatic amines is 1. The maximum Gasteiger partial charge on any atom is 0.254 e. The standard InChI is InChI=1S/C18H21IN4O3/c1-12-15(18(26)21-13(2)20-12)9-10-16(24)23(11-17(25)22(3)19)14-7-5-4-6-8-14/h4-8H,9-11H2,1-3H3,(H,20,21,26). The minimum Gasteiger partial charge on any atom is -0.311 e. The van der Waals surface area contributed by atoms with E-state index < -0.39 is 0 Å². The van der Waals surface area contributed by atoms with Crippen molar-refractivity contribution >= 4 is 40.4 Å². The summed E-state index contributed by atoms with van der Waals surface area (Å²) in [7, 11) is 1.64. The van der Waals surface area contributed by atoms with Crippen LogP contribution in [0.25, 0.3) is 0 Å². The van der Waals surface area contributed by atoms with Gasteiger partial charge in [0.25, 0.3) is 11.5 Å². The Morgan fingerprint density at radius 3 is 2.38 bits per heavy atom. The summed E-state index contributed by atoms with van der Waals surface area (Å²) in [6.45, 7) is 3.42. The molecule has 0 radical (unpaired) electrons. The number of benzene rings is 1. The van der Waals surface area contributed by atoms with Crippen molar-refractivity contribution in [2.75, 3.05) is 18.5 Å². The molecule has 26 heavy (non-hydrogen) atoms. The van der Waals surface area contributed by atoms with Crippen molar-refractivity contribution in [3.8, 4) is 0 Å². The van der Waals surface area contributed by atoms with E-state index in [2.05, 4.69) is 9.97 Å². The molecular formula is C18H21IN4O3. The van der Waals surface area contributed by atoms with Crippen molar-refractivity contribution in [2.24, 2.45) is 0 Å². The second-order valence-electron chi connectivity index (χ2n) is 5.90. The number of nitrogens with zero attached hydrogens (tertiary/aromatic N) is 3. The predicted octanol–water partition coefficient (Wildman–Crippen LogP) is 2.16. The van der Waals surface area contributed by atoms with Gasteiger partial charge in [0, 0.05) is 30.4 Å². The van der Waals surface area contributed by atoms with Crippen molar-refractivity contribution in [1.82, 2.24) is 13.1 Å². The number of carbonyl (C=O) groups excluding carboxylic acids is 2. The highest BCUT2D eigenvalue weighted by Crippen LogP contribution is 2.16. The van der Waals surface area contributed by atoms with Crippen LogP contribution in [0.3, 0.4) is 0 Å². The van der Waals surface area contributed by atoms with Gasteiger partial charge in [-0.05, 0) is 32.4 Å². The molecule has 0 aliphatic rings. The molecule has 1 aromatic carbocycles. The van der Waals surface area contributed by atoms with Gasteiger partial charge < -0.3 is 9.88 Å². The average molecular weight is 468 g/mol. The van der Waals surface area contributed by atoms with Crippen molar-refractivity contribution in [3.63, 3.8) is 0 Å². The summed E-state index contributed by atoms with van der Waals surface area (Å²) in [5, 5.41) is 0. The smallest absolute Gasteiger partial charge is 0.254 e. The lowest BCUT2D eigenvalue weighted by molar-refractivity contribution is -0.126. The number of para-hydroxylation sites is 1. The van der Waals surface area contributed by atoms with Crippen LogP contribution in [0.2, 0.25) is 0 Å². The molecule has 0 saturated heterocycles. The first-order valence-corrected chi connectivity index (χ1v) is 9.10. The molecular weight excluding hydrogens is 447 g/mol. The molecule has 2 rings (SSSR count). The van der Waals surface area contributed by atoms with Crippen LogP contribution in [0.4, 0.5) is 5.69 Å². The Balaban J connectivity index is 2.19. The number of amides is 2. The van der Waals surface area contributed by atoms with Crippen LogP contribution in [0.15, 0.2) is 35.1 Å². The predicted molar refractivity (Wildman–Crippen MR) is 108 cm³/mol. The highest BCUT2D eigenvalue weighted by Gasteiger charge is 2.21. The van der Waals surface area contributed by atoms with Crippen molar-refractivity contribution < 1.29 is 9.59 Å². The molecule has 138 valence electrons. The Hall–Kier alpha value is -2.23. The summed E-state index contributed by atoms with van der Waals surface area (Å²) < 4.78 is 1.42. The van der Waals surface area contributed by atoms with Gasteiger partial charge in [-0.3, -0.25) is 17.5 Å². The molecule has 0 aliphatic carbocycles. The van der Waals surface area contributed by atoms with Crippen LogP contribution in [0.1, 0.15) is 23.5 Å². The Morgan fingerprint density at radius 1 is 1.15 bits per heavy atom. The molecule has 0 aliphatic heterocycles. The van der Waals surface area contributed by atoms with Gasteiger partial charge in [-0.15, -0.1) is 0 Å².